The number of halogens is 1. The summed E-state index contributed by atoms with van der Waals surface area (Å²) in [6, 6.07) is 7.79. The van der Waals surface area contributed by atoms with Crippen LogP contribution in [0.4, 0.5) is 5.13 Å². The van der Waals surface area contributed by atoms with Gasteiger partial charge in [-0.25, -0.2) is 4.98 Å². The Bertz CT molecular complexity index is 691. The Morgan fingerprint density at radius 1 is 1.33 bits per heavy atom. The topological polar surface area (TPSA) is 42.0 Å². The van der Waals surface area contributed by atoms with Gasteiger partial charge in [-0.15, -0.1) is 11.3 Å². The number of amides is 1. The van der Waals surface area contributed by atoms with Crippen molar-refractivity contribution in [3.05, 3.63) is 45.4 Å². The number of nitrogens with one attached hydrogen (secondary N) is 1. The molecule has 5 heteroatoms. The number of carbonyl (C=O) groups excluding carboxylic acids is 1. The van der Waals surface area contributed by atoms with Crippen molar-refractivity contribution in [3.8, 4) is 0 Å². The Labute approximate surface area is 132 Å². The maximum atomic E-state index is 12.3. The maximum absolute atomic E-state index is 12.3. The zero-order chi connectivity index (χ0) is 14.4. The van der Waals surface area contributed by atoms with E-state index in [2.05, 4.69) is 10.3 Å². The van der Waals surface area contributed by atoms with E-state index in [0.29, 0.717) is 0 Å². The fourth-order valence-corrected chi connectivity index (χ4v) is 4.37. The van der Waals surface area contributed by atoms with Crippen LogP contribution in [0.25, 0.3) is 0 Å². The number of aryl methyl sites for hydroxylation is 2. The van der Waals surface area contributed by atoms with Gasteiger partial charge in [0, 0.05) is 15.8 Å². The van der Waals surface area contributed by atoms with E-state index in [-0.39, 0.29) is 17.7 Å². The molecule has 0 saturated heterocycles. The van der Waals surface area contributed by atoms with Gasteiger partial charge in [0.2, 0.25) is 5.91 Å². The number of rotatable bonds is 3. The van der Waals surface area contributed by atoms with E-state index < -0.39 is 0 Å². The molecular weight excluding hydrogens is 304 g/mol. The maximum Gasteiger partial charge on any atom is 0.229 e. The van der Waals surface area contributed by atoms with Gasteiger partial charge in [0.25, 0.3) is 0 Å². The van der Waals surface area contributed by atoms with Crippen LogP contribution in [0.5, 0.6) is 0 Å². The molecule has 1 N–H and O–H groups in total. The lowest BCUT2D eigenvalue weighted by molar-refractivity contribution is -0.117. The summed E-state index contributed by atoms with van der Waals surface area (Å²) in [5, 5.41) is 4.49. The Balaban J connectivity index is 1.44. The summed E-state index contributed by atoms with van der Waals surface area (Å²) in [4.78, 5) is 18.2. The van der Waals surface area contributed by atoms with Crippen molar-refractivity contribution in [1.82, 2.24) is 4.98 Å². The van der Waals surface area contributed by atoms with Crippen LogP contribution in [0, 0.1) is 5.92 Å². The number of aromatic nitrogens is 1. The van der Waals surface area contributed by atoms with Gasteiger partial charge in [0.15, 0.2) is 5.13 Å². The third kappa shape index (κ3) is 2.47. The van der Waals surface area contributed by atoms with E-state index in [9.17, 15) is 4.79 Å². The summed E-state index contributed by atoms with van der Waals surface area (Å²) < 4.78 is 0. The van der Waals surface area contributed by atoms with Crippen molar-refractivity contribution >= 4 is 34.0 Å². The minimum atomic E-state index is 0.0311. The van der Waals surface area contributed by atoms with Gasteiger partial charge < -0.3 is 5.32 Å². The second kappa shape index (κ2) is 5.11. The van der Waals surface area contributed by atoms with Crippen LogP contribution in [0.2, 0.25) is 5.02 Å². The molecule has 0 unspecified atom stereocenters. The van der Waals surface area contributed by atoms with Crippen LogP contribution < -0.4 is 5.32 Å². The molecule has 0 bridgehead atoms. The van der Waals surface area contributed by atoms with E-state index in [1.54, 1.807) is 11.3 Å². The van der Waals surface area contributed by atoms with Crippen molar-refractivity contribution in [3.63, 3.8) is 0 Å². The molecule has 0 radical (unpaired) electrons. The van der Waals surface area contributed by atoms with Gasteiger partial charge in [-0.05, 0) is 43.2 Å². The number of hydrogen-bond acceptors (Lipinski definition) is 3. The molecule has 1 amide bonds. The lowest BCUT2D eigenvalue weighted by Gasteiger charge is -2.03. The number of fused-ring (bicyclic) bond motifs is 1. The molecule has 3 nitrogen and oxygen atoms in total. The second-order valence-electron chi connectivity index (χ2n) is 5.70. The average molecular weight is 319 g/mol. The number of carbonyl (C=O) groups is 1. The number of benzene rings is 1. The first-order valence-corrected chi connectivity index (χ1v) is 8.45. The summed E-state index contributed by atoms with van der Waals surface area (Å²) >= 11 is 7.82. The van der Waals surface area contributed by atoms with Crippen LogP contribution in [0.1, 0.15) is 34.9 Å². The molecule has 2 aliphatic carbocycles. The summed E-state index contributed by atoms with van der Waals surface area (Å²) in [5.41, 5.74) is 2.26. The number of hydrogen-bond donors (Lipinski definition) is 1. The average Bonchev–Trinajstić information content (AvgIpc) is 2.99. The zero-order valence-corrected chi connectivity index (χ0v) is 13.0. The smallest absolute Gasteiger partial charge is 0.229 e. The molecule has 1 aromatic heterocycles. The molecule has 108 valence electrons. The Morgan fingerprint density at radius 2 is 2.19 bits per heavy atom. The molecule has 21 heavy (non-hydrogen) atoms. The highest BCUT2D eigenvalue weighted by atomic mass is 35.5. The summed E-state index contributed by atoms with van der Waals surface area (Å²) in [6.45, 7) is 0. The minimum absolute atomic E-state index is 0.0311. The van der Waals surface area contributed by atoms with E-state index in [1.165, 1.54) is 17.0 Å². The number of anilines is 1. The first kappa shape index (κ1) is 13.3. The SMILES string of the molecule is O=C(Nc1nc2c(s1)CCC2)[C@H]1C[C@H]1c1ccccc1Cl. The summed E-state index contributed by atoms with van der Waals surface area (Å²) in [7, 11) is 0. The predicted octanol–water partition coefficient (Wildman–Crippen LogP) is 4.03. The zero-order valence-electron chi connectivity index (χ0n) is 11.4. The van der Waals surface area contributed by atoms with Crippen LogP contribution in [-0.4, -0.2) is 10.9 Å². The van der Waals surface area contributed by atoms with Crippen LogP contribution in [-0.2, 0) is 17.6 Å². The molecule has 2 aliphatic rings. The summed E-state index contributed by atoms with van der Waals surface area (Å²) in [6.07, 6.45) is 4.22. The lowest BCUT2D eigenvalue weighted by Crippen LogP contribution is -2.14. The van der Waals surface area contributed by atoms with Gasteiger partial charge >= 0.3 is 0 Å². The minimum Gasteiger partial charge on any atom is -0.302 e. The number of thiazole rings is 1. The fourth-order valence-electron chi connectivity index (χ4n) is 3.05. The van der Waals surface area contributed by atoms with E-state index in [1.807, 2.05) is 24.3 Å². The van der Waals surface area contributed by atoms with Gasteiger partial charge in [-0.3, -0.25) is 4.79 Å². The predicted molar refractivity (Wildman–Crippen MR) is 85.1 cm³/mol. The van der Waals surface area contributed by atoms with Gasteiger partial charge in [0.1, 0.15) is 0 Å². The van der Waals surface area contributed by atoms with Crippen LogP contribution >= 0.6 is 22.9 Å². The lowest BCUT2D eigenvalue weighted by atomic mass is 10.1. The molecule has 1 aromatic carbocycles. The Hall–Kier alpha value is -1.39. The van der Waals surface area contributed by atoms with E-state index in [0.717, 1.165) is 35.0 Å². The van der Waals surface area contributed by atoms with Gasteiger partial charge in [0.05, 0.1) is 5.69 Å². The highest BCUT2D eigenvalue weighted by Crippen LogP contribution is 2.50. The van der Waals surface area contributed by atoms with Crippen molar-refractivity contribution < 1.29 is 4.79 Å². The molecule has 2 atom stereocenters. The van der Waals surface area contributed by atoms with Crippen molar-refractivity contribution in [1.29, 1.82) is 0 Å². The molecule has 1 saturated carbocycles. The van der Waals surface area contributed by atoms with Crippen LogP contribution in [0.3, 0.4) is 0 Å². The third-order valence-corrected chi connectivity index (χ3v) is 5.67. The normalized spacial score (nSPS) is 22.9. The highest BCUT2D eigenvalue weighted by molar-refractivity contribution is 7.15. The fraction of sp³-hybridized carbons (Fsp3) is 0.375. The monoisotopic (exact) mass is 318 g/mol. The molecule has 2 aromatic rings. The van der Waals surface area contributed by atoms with Crippen molar-refractivity contribution in [2.24, 2.45) is 5.92 Å². The van der Waals surface area contributed by atoms with Crippen molar-refractivity contribution in [2.75, 3.05) is 5.32 Å². The molecule has 0 aliphatic heterocycles. The van der Waals surface area contributed by atoms with Crippen molar-refractivity contribution in [2.45, 2.75) is 31.6 Å². The molecule has 1 heterocycles. The molecule has 0 spiro atoms. The van der Waals surface area contributed by atoms with Crippen LogP contribution in [0.15, 0.2) is 24.3 Å². The molecule has 1 fully saturated rings. The van der Waals surface area contributed by atoms with Gasteiger partial charge in [-0.2, -0.15) is 0 Å². The quantitative estimate of drug-likeness (QED) is 0.928. The third-order valence-electron chi connectivity index (χ3n) is 4.26. The summed E-state index contributed by atoms with van der Waals surface area (Å²) in [5.74, 6) is 0.362. The number of nitrogens with zero attached hydrogens (tertiary/aromatic N) is 1. The Morgan fingerprint density at radius 3 is 3.00 bits per heavy atom. The highest BCUT2D eigenvalue weighted by Gasteiger charge is 2.45. The van der Waals surface area contributed by atoms with Gasteiger partial charge in [-0.1, -0.05) is 29.8 Å². The first-order chi connectivity index (χ1) is 10.2. The molecular formula is C16H15ClN2OS. The first-order valence-electron chi connectivity index (χ1n) is 7.26. The Kier molecular flexibility index (Phi) is 3.23. The van der Waals surface area contributed by atoms with E-state index in [4.69, 9.17) is 11.6 Å². The standard InChI is InChI=1S/C16H15ClN2OS/c17-12-5-2-1-4-9(12)10-8-11(10)15(20)19-16-18-13-6-3-7-14(13)21-16/h1-2,4-5,10-11H,3,6-8H2,(H,18,19,20)/t10-,11-/m0/s1. The second-order valence-corrected chi connectivity index (χ2v) is 7.19. The molecule has 4 rings (SSSR count). The largest absolute Gasteiger partial charge is 0.302 e. The van der Waals surface area contributed by atoms with E-state index >= 15 is 0 Å².